The minimum absolute atomic E-state index is 0.790. The smallest absolute Gasteiger partial charge is 0.437 e. The highest BCUT2D eigenvalue weighted by Crippen LogP contribution is 2.48. The first-order chi connectivity index (χ1) is 12.2. The van der Waals surface area contributed by atoms with E-state index >= 15 is 0 Å². The van der Waals surface area contributed by atoms with Crippen LogP contribution in [0.25, 0.3) is 0 Å². The Labute approximate surface area is 179 Å². The van der Waals surface area contributed by atoms with E-state index in [0.29, 0.717) is 0 Å². The summed E-state index contributed by atoms with van der Waals surface area (Å²) in [5, 5.41) is 0. The zero-order valence-corrected chi connectivity index (χ0v) is 26.6. The zero-order chi connectivity index (χ0) is 21.9. The van der Waals surface area contributed by atoms with Gasteiger partial charge in [0.1, 0.15) is 0 Å². The van der Waals surface area contributed by atoms with Gasteiger partial charge in [0.15, 0.2) is 25.0 Å². The molecule has 2 fully saturated rings. The fraction of sp³-hybridized carbons (Fsp3) is 0.867. The molecule has 2 atom stereocenters. The van der Waals surface area contributed by atoms with Crippen LogP contribution in [0.5, 0.6) is 0 Å². The van der Waals surface area contributed by atoms with Crippen molar-refractivity contribution in [2.45, 2.75) is 83.4 Å². The van der Waals surface area contributed by atoms with Gasteiger partial charge >= 0.3 is 34.5 Å². The molecule has 2 rings (SSSR count). The maximum absolute atomic E-state index is 6.91. The molecule has 2 bridgehead atoms. The van der Waals surface area contributed by atoms with E-state index in [1.807, 2.05) is 0 Å². The fourth-order valence-electron chi connectivity index (χ4n) is 4.29. The minimum Gasteiger partial charge on any atom is -0.437 e. The Morgan fingerprint density at radius 1 is 0.679 bits per heavy atom. The van der Waals surface area contributed by atoms with Crippen molar-refractivity contribution in [1.29, 1.82) is 0 Å². The molecule has 0 saturated carbocycles. The first kappa shape index (κ1) is 25.3. The van der Waals surface area contributed by atoms with Crippen molar-refractivity contribution in [3.8, 4) is 0 Å². The van der Waals surface area contributed by atoms with Crippen LogP contribution in [0.4, 0.5) is 0 Å². The van der Waals surface area contributed by atoms with Crippen molar-refractivity contribution in [2.75, 3.05) is 0 Å². The van der Waals surface area contributed by atoms with E-state index in [4.69, 9.17) is 24.7 Å². The summed E-state index contributed by atoms with van der Waals surface area (Å²) in [6.07, 6.45) is 0. The van der Waals surface area contributed by atoms with Gasteiger partial charge < -0.3 is 24.7 Å². The molecule has 2 aliphatic rings. The molecular formula is C15H40O6Si7. The molecule has 13 heteroatoms. The lowest BCUT2D eigenvalue weighted by Crippen LogP contribution is -2.79. The average molecular weight is 513 g/mol. The summed E-state index contributed by atoms with van der Waals surface area (Å²) < 4.78 is 40.3. The molecule has 0 amide bonds. The quantitative estimate of drug-likeness (QED) is 0.450. The molecule has 2 unspecified atom stereocenters. The molecule has 0 aliphatic carbocycles. The number of fused-ring (bicyclic) bond motifs is 2. The second-order valence-electron chi connectivity index (χ2n) is 11.3. The average Bonchev–Trinajstić information content (AvgIpc) is 2.26. The molecule has 2 heterocycles. The van der Waals surface area contributed by atoms with Gasteiger partial charge in [-0.25, -0.2) is 0 Å². The Kier molecular flexibility index (Phi) is 6.82. The third kappa shape index (κ3) is 6.76. The summed E-state index contributed by atoms with van der Waals surface area (Å²) in [4.78, 5) is 0. The van der Waals surface area contributed by atoms with Gasteiger partial charge in [-0.1, -0.05) is 0 Å². The molecule has 0 aromatic heterocycles. The summed E-state index contributed by atoms with van der Waals surface area (Å²) in [5.41, 5.74) is 3.37. The second-order valence-corrected chi connectivity index (χ2v) is 39.7. The third-order valence-corrected chi connectivity index (χ3v) is 34.6. The van der Waals surface area contributed by atoms with Gasteiger partial charge in [-0.15, -0.1) is 6.58 Å². The van der Waals surface area contributed by atoms with Gasteiger partial charge in [-0.05, 0) is 77.7 Å². The molecule has 2 saturated heterocycles. The van der Waals surface area contributed by atoms with Gasteiger partial charge in [0.25, 0.3) is 0 Å². The summed E-state index contributed by atoms with van der Waals surface area (Å²) in [5.74, 6) is 0. The van der Waals surface area contributed by atoms with Crippen molar-refractivity contribution in [1.82, 2.24) is 0 Å². The van der Waals surface area contributed by atoms with Crippen molar-refractivity contribution >= 4 is 59.4 Å². The van der Waals surface area contributed by atoms with Gasteiger partial charge in [0.05, 0.1) is 0 Å². The monoisotopic (exact) mass is 512 g/mol. The number of hydrogen-bond acceptors (Lipinski definition) is 6. The number of hydrogen-bond donors (Lipinski definition) is 0. The van der Waals surface area contributed by atoms with E-state index in [1.54, 1.807) is 5.70 Å². The summed E-state index contributed by atoms with van der Waals surface area (Å²) in [6, 6.07) is 0. The van der Waals surface area contributed by atoms with Crippen molar-refractivity contribution < 1.29 is 24.7 Å². The standard InChI is InChI=1S/C15H40O6Si7/c1-13-28-19-25(11,16-22(2,3)4)14-27(21-28,18-24(8,9)10)15-26(12,20-28)17-23(5,6)7/h13H,1,14-15H2,2-12H3. The molecule has 0 aromatic carbocycles. The van der Waals surface area contributed by atoms with Crippen LogP contribution in [0, 0.1) is 0 Å². The van der Waals surface area contributed by atoms with Crippen LogP contribution in [0.1, 0.15) is 0 Å². The number of rotatable bonds is 7. The molecular weight excluding hydrogens is 473 g/mol. The Bertz CT molecular complexity index is 574. The molecule has 0 aromatic rings. The van der Waals surface area contributed by atoms with E-state index < -0.39 is 59.4 Å². The fourth-order valence-corrected chi connectivity index (χ4v) is 47.2. The highest BCUT2D eigenvalue weighted by molar-refractivity contribution is 7.09. The highest BCUT2D eigenvalue weighted by Gasteiger charge is 2.71. The van der Waals surface area contributed by atoms with Crippen LogP contribution in [0.3, 0.4) is 0 Å². The molecule has 0 N–H and O–H groups in total. The first-order valence-electron chi connectivity index (χ1n) is 10.1. The summed E-state index contributed by atoms with van der Waals surface area (Å²) >= 11 is 0. The Balaban J connectivity index is 2.52. The lowest BCUT2D eigenvalue weighted by atomic mass is 11.3. The van der Waals surface area contributed by atoms with Crippen LogP contribution >= 0.6 is 0 Å². The van der Waals surface area contributed by atoms with E-state index in [9.17, 15) is 0 Å². The molecule has 6 nitrogen and oxygen atoms in total. The topological polar surface area (TPSA) is 55.4 Å². The summed E-state index contributed by atoms with van der Waals surface area (Å²) in [7, 11) is -16.2. The van der Waals surface area contributed by atoms with E-state index in [-0.39, 0.29) is 0 Å². The van der Waals surface area contributed by atoms with Crippen molar-refractivity contribution in [3.05, 3.63) is 12.3 Å². The predicted molar refractivity (Wildman–Crippen MR) is 131 cm³/mol. The zero-order valence-electron chi connectivity index (χ0n) is 19.6. The molecule has 28 heavy (non-hydrogen) atoms. The van der Waals surface area contributed by atoms with Crippen molar-refractivity contribution in [3.63, 3.8) is 0 Å². The molecule has 2 aliphatic heterocycles. The lowest BCUT2D eigenvalue weighted by molar-refractivity contribution is 0.167. The SMILES string of the molecule is C=C[Si]12O[Si](C)(O[Si](C)(C)C)C[Si](O[Si](C)(C)C)(C[Si](C)(O[Si](C)(C)C)O1)O2. The van der Waals surface area contributed by atoms with Crippen LogP contribution in [-0.4, -0.2) is 59.4 Å². The third-order valence-electron chi connectivity index (χ3n) is 4.01. The predicted octanol–water partition coefficient (Wildman–Crippen LogP) is 4.95. The largest absolute Gasteiger partial charge is 0.502 e. The Morgan fingerprint density at radius 3 is 1.32 bits per heavy atom. The molecule has 164 valence electrons. The van der Waals surface area contributed by atoms with E-state index in [1.165, 1.54) is 0 Å². The van der Waals surface area contributed by atoms with Crippen LogP contribution < -0.4 is 0 Å². The minimum atomic E-state index is -3.11. The maximum atomic E-state index is 6.91. The van der Waals surface area contributed by atoms with E-state index in [2.05, 4.69) is 78.6 Å². The van der Waals surface area contributed by atoms with Crippen LogP contribution in [0.15, 0.2) is 12.3 Å². The van der Waals surface area contributed by atoms with Crippen LogP contribution in [0.2, 0.25) is 83.4 Å². The lowest BCUT2D eigenvalue weighted by Gasteiger charge is -2.58. The second kappa shape index (κ2) is 7.56. The first-order valence-corrected chi connectivity index (χ1v) is 29.4. The normalized spacial score (nSPS) is 39.7. The Hall–Kier alpha value is 1.02. The maximum Gasteiger partial charge on any atom is 0.502 e. The Morgan fingerprint density at radius 2 is 1.04 bits per heavy atom. The van der Waals surface area contributed by atoms with Gasteiger partial charge in [-0.3, -0.25) is 0 Å². The highest BCUT2D eigenvalue weighted by atomic mass is 28.6. The van der Waals surface area contributed by atoms with Crippen LogP contribution in [-0.2, 0) is 24.7 Å². The molecule has 0 spiro atoms. The molecule has 0 radical (unpaired) electrons. The van der Waals surface area contributed by atoms with Gasteiger partial charge in [0, 0.05) is 11.3 Å². The van der Waals surface area contributed by atoms with Crippen molar-refractivity contribution in [2.24, 2.45) is 0 Å². The summed E-state index contributed by atoms with van der Waals surface area (Å²) in [6.45, 7) is 28.4. The van der Waals surface area contributed by atoms with E-state index in [0.717, 1.165) is 11.3 Å². The van der Waals surface area contributed by atoms with Gasteiger partial charge in [-0.2, -0.15) is 0 Å². The van der Waals surface area contributed by atoms with Gasteiger partial charge in [0.2, 0.25) is 0 Å².